The van der Waals surface area contributed by atoms with Gasteiger partial charge in [-0.2, -0.15) is 0 Å². The molecular formula is C31H50F2N4O. The zero-order valence-corrected chi connectivity index (χ0v) is 24.6. The molecule has 1 aromatic carbocycles. The van der Waals surface area contributed by atoms with Crippen LogP contribution in [0.2, 0.25) is 0 Å². The SMILES string of the molecule is CC(C)N(C)CC(C1CCCCC1)N1CCN(C(=O)[C@@H]2CN(C(C)(C)C)C[C@H]2c2ccc(F)cc2F)CC1. The van der Waals surface area contributed by atoms with Gasteiger partial charge in [-0.1, -0.05) is 25.3 Å². The van der Waals surface area contributed by atoms with Crippen LogP contribution in [-0.4, -0.2) is 96.0 Å². The lowest BCUT2D eigenvalue weighted by Gasteiger charge is -2.45. The van der Waals surface area contributed by atoms with Gasteiger partial charge in [0.2, 0.25) is 5.91 Å². The third kappa shape index (κ3) is 6.76. The van der Waals surface area contributed by atoms with Gasteiger partial charge in [-0.25, -0.2) is 8.78 Å². The highest BCUT2D eigenvalue weighted by atomic mass is 19.1. The average Bonchev–Trinajstić information content (AvgIpc) is 3.33. The Bertz CT molecular complexity index is 934. The van der Waals surface area contributed by atoms with Crippen molar-refractivity contribution in [3.05, 3.63) is 35.4 Å². The smallest absolute Gasteiger partial charge is 0.227 e. The summed E-state index contributed by atoms with van der Waals surface area (Å²) in [6.07, 6.45) is 6.64. The molecule has 1 unspecified atom stereocenters. The minimum absolute atomic E-state index is 0.124. The number of rotatable bonds is 7. The molecule has 38 heavy (non-hydrogen) atoms. The van der Waals surface area contributed by atoms with Crippen molar-refractivity contribution >= 4 is 5.91 Å². The summed E-state index contributed by atoms with van der Waals surface area (Å²) in [5.41, 5.74) is 0.335. The number of piperazine rings is 1. The van der Waals surface area contributed by atoms with Gasteiger partial charge < -0.3 is 9.80 Å². The van der Waals surface area contributed by atoms with E-state index in [1.54, 1.807) is 6.07 Å². The molecule has 2 aliphatic heterocycles. The van der Waals surface area contributed by atoms with Gasteiger partial charge >= 0.3 is 0 Å². The second-order valence-electron chi connectivity index (χ2n) is 13.3. The highest BCUT2D eigenvalue weighted by Crippen LogP contribution is 2.39. The van der Waals surface area contributed by atoms with E-state index in [-0.39, 0.29) is 23.3 Å². The van der Waals surface area contributed by atoms with E-state index in [2.05, 4.69) is 56.4 Å². The summed E-state index contributed by atoms with van der Waals surface area (Å²) in [5.74, 6) is -0.853. The van der Waals surface area contributed by atoms with Gasteiger partial charge in [-0.3, -0.25) is 14.6 Å². The van der Waals surface area contributed by atoms with Gasteiger partial charge in [-0.15, -0.1) is 0 Å². The van der Waals surface area contributed by atoms with Crippen LogP contribution in [-0.2, 0) is 4.79 Å². The van der Waals surface area contributed by atoms with Gasteiger partial charge in [-0.05, 0) is 72.1 Å². The maximum Gasteiger partial charge on any atom is 0.227 e. The van der Waals surface area contributed by atoms with Gasteiger partial charge in [0.05, 0.1) is 5.92 Å². The Morgan fingerprint density at radius 1 is 1.03 bits per heavy atom. The number of carbonyl (C=O) groups is 1. The highest BCUT2D eigenvalue weighted by Gasteiger charge is 2.45. The van der Waals surface area contributed by atoms with Crippen LogP contribution >= 0.6 is 0 Å². The van der Waals surface area contributed by atoms with E-state index in [4.69, 9.17) is 0 Å². The zero-order valence-electron chi connectivity index (χ0n) is 24.6. The molecule has 214 valence electrons. The maximum absolute atomic E-state index is 14.9. The first-order valence-electron chi connectivity index (χ1n) is 14.9. The van der Waals surface area contributed by atoms with Crippen LogP contribution in [0.15, 0.2) is 18.2 Å². The quantitative estimate of drug-likeness (QED) is 0.482. The highest BCUT2D eigenvalue weighted by molar-refractivity contribution is 5.81. The van der Waals surface area contributed by atoms with E-state index in [0.717, 1.165) is 44.7 Å². The molecule has 2 saturated heterocycles. The van der Waals surface area contributed by atoms with Gasteiger partial charge in [0.25, 0.3) is 0 Å². The standard InChI is InChI=1S/C31H50F2N4O/c1-22(2)34(6)21-29(23-10-8-7-9-11-23)35-14-16-36(17-15-35)30(38)27-20-37(31(3,4)5)19-26(27)25-13-12-24(32)18-28(25)33/h12-13,18,22-23,26-27,29H,7-11,14-17,19-21H2,1-6H3/t26-,27+,29?/m0/s1. The van der Waals surface area contributed by atoms with Gasteiger partial charge in [0.15, 0.2) is 0 Å². The summed E-state index contributed by atoms with van der Waals surface area (Å²) in [4.78, 5) is 23.4. The molecule has 0 spiro atoms. The van der Waals surface area contributed by atoms with Crippen LogP contribution < -0.4 is 0 Å². The van der Waals surface area contributed by atoms with E-state index in [1.807, 2.05) is 4.90 Å². The zero-order chi connectivity index (χ0) is 27.6. The molecule has 4 rings (SSSR count). The minimum atomic E-state index is -0.577. The summed E-state index contributed by atoms with van der Waals surface area (Å²) in [7, 11) is 2.23. The molecular weight excluding hydrogens is 482 g/mol. The molecule has 0 bridgehead atoms. The second kappa shape index (κ2) is 12.3. The normalized spacial score (nSPS) is 25.5. The van der Waals surface area contributed by atoms with Crippen molar-refractivity contribution in [2.45, 2.75) is 90.3 Å². The summed E-state index contributed by atoms with van der Waals surface area (Å²) < 4.78 is 28.6. The molecule has 5 nitrogen and oxygen atoms in total. The lowest BCUT2D eigenvalue weighted by molar-refractivity contribution is -0.138. The maximum atomic E-state index is 14.9. The molecule has 3 fully saturated rings. The number of likely N-dealkylation sites (tertiary alicyclic amines) is 1. The average molecular weight is 533 g/mol. The van der Waals surface area contributed by atoms with Crippen molar-refractivity contribution < 1.29 is 13.6 Å². The molecule has 7 heteroatoms. The predicted octanol–water partition coefficient (Wildman–Crippen LogP) is 5.21. The molecule has 0 radical (unpaired) electrons. The molecule has 1 aliphatic carbocycles. The molecule has 2 heterocycles. The summed E-state index contributed by atoms with van der Waals surface area (Å²) in [6, 6.07) is 4.86. The van der Waals surface area contributed by atoms with Crippen molar-refractivity contribution in [2.75, 3.05) is 52.9 Å². The fraction of sp³-hybridized carbons (Fsp3) is 0.774. The van der Waals surface area contributed by atoms with Crippen LogP contribution in [0.25, 0.3) is 0 Å². The Kier molecular flexibility index (Phi) is 9.52. The van der Waals surface area contributed by atoms with E-state index < -0.39 is 11.6 Å². The molecule has 3 atom stereocenters. The van der Waals surface area contributed by atoms with Crippen molar-refractivity contribution in [2.24, 2.45) is 11.8 Å². The first kappa shape index (κ1) is 29.4. The lowest BCUT2D eigenvalue weighted by Crippen LogP contribution is -2.57. The predicted molar refractivity (Wildman–Crippen MR) is 150 cm³/mol. The lowest BCUT2D eigenvalue weighted by atomic mass is 9.82. The van der Waals surface area contributed by atoms with E-state index >= 15 is 0 Å². The van der Waals surface area contributed by atoms with Crippen LogP contribution in [0.5, 0.6) is 0 Å². The van der Waals surface area contributed by atoms with Crippen LogP contribution in [0.1, 0.15) is 78.2 Å². The number of carbonyl (C=O) groups excluding carboxylic acids is 1. The van der Waals surface area contributed by atoms with Gasteiger partial charge in [0.1, 0.15) is 11.6 Å². The summed E-state index contributed by atoms with van der Waals surface area (Å²) >= 11 is 0. The summed E-state index contributed by atoms with van der Waals surface area (Å²) in [6.45, 7) is 16.4. The Labute approximate surface area is 229 Å². The fourth-order valence-electron chi connectivity index (χ4n) is 6.82. The first-order chi connectivity index (χ1) is 18.0. The van der Waals surface area contributed by atoms with Crippen molar-refractivity contribution in [1.29, 1.82) is 0 Å². The number of halogens is 2. The fourth-order valence-corrected chi connectivity index (χ4v) is 6.82. The Morgan fingerprint density at radius 3 is 2.26 bits per heavy atom. The van der Waals surface area contributed by atoms with Crippen LogP contribution in [0.4, 0.5) is 8.78 Å². The number of amides is 1. The van der Waals surface area contributed by atoms with E-state index in [9.17, 15) is 13.6 Å². The van der Waals surface area contributed by atoms with E-state index in [1.165, 1.54) is 38.2 Å². The number of likely N-dealkylation sites (N-methyl/N-ethyl adjacent to an activating group) is 1. The van der Waals surface area contributed by atoms with Crippen LogP contribution in [0.3, 0.4) is 0 Å². The Hall–Kier alpha value is -1.57. The van der Waals surface area contributed by atoms with Crippen molar-refractivity contribution in [3.8, 4) is 0 Å². The first-order valence-corrected chi connectivity index (χ1v) is 14.9. The largest absolute Gasteiger partial charge is 0.340 e. The number of hydrogen-bond donors (Lipinski definition) is 0. The Balaban J connectivity index is 1.47. The molecule has 0 N–H and O–H groups in total. The molecule has 3 aliphatic rings. The molecule has 0 aromatic heterocycles. The Morgan fingerprint density at radius 2 is 1.68 bits per heavy atom. The van der Waals surface area contributed by atoms with Crippen molar-refractivity contribution in [3.63, 3.8) is 0 Å². The van der Waals surface area contributed by atoms with E-state index in [0.29, 0.717) is 30.7 Å². The van der Waals surface area contributed by atoms with Crippen molar-refractivity contribution in [1.82, 2.24) is 19.6 Å². The third-order valence-corrected chi connectivity index (χ3v) is 9.59. The minimum Gasteiger partial charge on any atom is -0.340 e. The van der Waals surface area contributed by atoms with Crippen LogP contribution in [0, 0.1) is 23.5 Å². The van der Waals surface area contributed by atoms with Gasteiger partial charge in [0, 0.05) is 75.4 Å². The number of benzene rings is 1. The monoisotopic (exact) mass is 532 g/mol. The topological polar surface area (TPSA) is 30.0 Å². The second-order valence-corrected chi connectivity index (χ2v) is 13.3. The summed E-state index contributed by atoms with van der Waals surface area (Å²) in [5, 5.41) is 0. The number of hydrogen-bond acceptors (Lipinski definition) is 4. The number of nitrogens with zero attached hydrogens (tertiary/aromatic N) is 4. The molecule has 1 amide bonds. The molecule has 1 saturated carbocycles. The molecule has 1 aromatic rings. The third-order valence-electron chi connectivity index (χ3n) is 9.59.